The van der Waals surface area contributed by atoms with Crippen LogP contribution in [-0.2, 0) is 4.79 Å². The van der Waals surface area contributed by atoms with Crippen molar-refractivity contribution in [1.29, 1.82) is 0 Å². The minimum absolute atomic E-state index is 0.0680. The molecular formula is C31H37N3O2S. The molecule has 2 fully saturated rings. The Kier molecular flexibility index (Phi) is 6.97. The lowest BCUT2D eigenvalue weighted by Gasteiger charge is -2.31. The van der Waals surface area contributed by atoms with E-state index in [0.717, 1.165) is 30.9 Å². The Morgan fingerprint density at radius 2 is 1.49 bits per heavy atom. The monoisotopic (exact) mass is 515 g/mol. The fraction of sp³-hybridized carbons (Fsp3) is 0.452. The van der Waals surface area contributed by atoms with Crippen LogP contribution in [0.1, 0.15) is 79.0 Å². The quantitative estimate of drug-likeness (QED) is 0.414. The normalized spacial score (nSPS) is 19.1. The Bertz CT molecular complexity index is 1190. The second-order valence-electron chi connectivity index (χ2n) is 11.6. The number of aromatic nitrogens is 1. The lowest BCUT2D eigenvalue weighted by molar-refractivity contribution is -0.134. The Morgan fingerprint density at radius 1 is 0.946 bits per heavy atom. The van der Waals surface area contributed by atoms with Crippen LogP contribution in [0.2, 0.25) is 0 Å². The van der Waals surface area contributed by atoms with E-state index in [1.54, 1.807) is 11.3 Å². The molecule has 1 saturated heterocycles. The van der Waals surface area contributed by atoms with Gasteiger partial charge in [-0.25, -0.2) is 4.98 Å². The summed E-state index contributed by atoms with van der Waals surface area (Å²) in [4.78, 5) is 32.9. The zero-order valence-corrected chi connectivity index (χ0v) is 23.1. The van der Waals surface area contributed by atoms with Crippen LogP contribution in [0, 0.1) is 16.7 Å². The first-order valence-corrected chi connectivity index (χ1v) is 14.2. The lowest BCUT2D eigenvalue weighted by Crippen LogP contribution is -2.40. The summed E-state index contributed by atoms with van der Waals surface area (Å²) >= 11 is 1.56. The van der Waals surface area contributed by atoms with E-state index >= 15 is 0 Å². The predicted octanol–water partition coefficient (Wildman–Crippen LogP) is 6.09. The van der Waals surface area contributed by atoms with Gasteiger partial charge in [-0.1, -0.05) is 88.4 Å². The topological polar surface area (TPSA) is 62.3 Å². The van der Waals surface area contributed by atoms with Crippen molar-refractivity contribution in [1.82, 2.24) is 15.2 Å². The second kappa shape index (κ2) is 10.1. The molecule has 37 heavy (non-hydrogen) atoms. The van der Waals surface area contributed by atoms with Crippen LogP contribution < -0.4 is 5.32 Å². The largest absolute Gasteiger partial charge is 0.350 e. The summed E-state index contributed by atoms with van der Waals surface area (Å²) in [6, 6.07) is 20.6. The summed E-state index contributed by atoms with van der Waals surface area (Å²) in [5, 5.41) is 6.00. The molecule has 2 heterocycles. The molecule has 5 nitrogen and oxygen atoms in total. The van der Waals surface area contributed by atoms with Gasteiger partial charge in [-0.15, -0.1) is 11.3 Å². The fourth-order valence-corrected chi connectivity index (χ4v) is 6.98. The molecule has 0 atom stereocenters. The molecule has 0 spiro atoms. The van der Waals surface area contributed by atoms with Crippen LogP contribution in [0.15, 0.2) is 66.0 Å². The van der Waals surface area contributed by atoms with E-state index < -0.39 is 0 Å². The van der Waals surface area contributed by atoms with Gasteiger partial charge in [0, 0.05) is 42.8 Å². The number of nitrogens with zero attached hydrogens (tertiary/aromatic N) is 2. The number of hydrogen-bond acceptors (Lipinski definition) is 4. The van der Waals surface area contributed by atoms with Crippen LogP contribution >= 0.6 is 11.3 Å². The summed E-state index contributed by atoms with van der Waals surface area (Å²) in [7, 11) is 0. The highest BCUT2D eigenvalue weighted by atomic mass is 32.1. The number of likely N-dealkylation sites (tertiary alicyclic amines) is 1. The zero-order chi connectivity index (χ0) is 26.2. The first-order valence-electron chi connectivity index (χ1n) is 13.3. The zero-order valence-electron chi connectivity index (χ0n) is 22.2. The third-order valence-electron chi connectivity index (χ3n) is 9.05. The molecule has 1 aromatic heterocycles. The fourth-order valence-electron chi connectivity index (χ4n) is 6.01. The van der Waals surface area contributed by atoms with Crippen molar-refractivity contribution in [2.75, 3.05) is 19.6 Å². The Labute approximate surface area is 224 Å². The van der Waals surface area contributed by atoms with Crippen molar-refractivity contribution in [3.05, 3.63) is 87.9 Å². The molecule has 3 aromatic rings. The number of nitrogens with one attached hydrogen (secondary N) is 1. The van der Waals surface area contributed by atoms with Gasteiger partial charge in [-0.3, -0.25) is 9.59 Å². The van der Waals surface area contributed by atoms with Crippen LogP contribution in [-0.4, -0.2) is 41.3 Å². The van der Waals surface area contributed by atoms with Crippen molar-refractivity contribution in [3.63, 3.8) is 0 Å². The Hall–Kier alpha value is -2.99. The Morgan fingerprint density at radius 3 is 2.00 bits per heavy atom. The number of hydrogen-bond donors (Lipinski definition) is 1. The van der Waals surface area contributed by atoms with E-state index in [1.165, 1.54) is 11.1 Å². The number of carbonyl (C=O) groups is 2. The van der Waals surface area contributed by atoms with E-state index in [1.807, 2.05) is 46.7 Å². The van der Waals surface area contributed by atoms with Gasteiger partial charge < -0.3 is 10.2 Å². The smallest absolute Gasteiger partial charge is 0.270 e. The second-order valence-corrected chi connectivity index (χ2v) is 12.5. The number of rotatable bonds is 7. The van der Waals surface area contributed by atoms with Crippen molar-refractivity contribution in [2.45, 2.75) is 52.4 Å². The minimum atomic E-state index is -0.134. The standard InChI is InChI=1S/C31H37N3O2S/c1-30(2)26(31(30,3)4)29(36)34-17-15-23(16-18-34)28-33-25(20-37-28)27(35)32-19-24(21-11-7-5-8-12-21)22-13-9-6-10-14-22/h5-14,20,23-24,26H,15-19H2,1-4H3,(H,32,35). The van der Waals surface area contributed by atoms with Crippen LogP contribution in [0.4, 0.5) is 0 Å². The van der Waals surface area contributed by atoms with Crippen molar-refractivity contribution >= 4 is 23.2 Å². The first-order chi connectivity index (χ1) is 17.7. The van der Waals surface area contributed by atoms with Crippen molar-refractivity contribution in [2.24, 2.45) is 16.7 Å². The Balaban J connectivity index is 1.18. The van der Waals surface area contributed by atoms with Gasteiger partial charge in [0.25, 0.3) is 5.91 Å². The molecule has 2 aromatic carbocycles. The van der Waals surface area contributed by atoms with Gasteiger partial charge in [0.15, 0.2) is 0 Å². The molecule has 2 aliphatic rings. The van der Waals surface area contributed by atoms with Gasteiger partial charge in [-0.2, -0.15) is 0 Å². The lowest BCUT2D eigenvalue weighted by atomic mass is 9.91. The molecule has 1 aliphatic heterocycles. The van der Waals surface area contributed by atoms with Gasteiger partial charge >= 0.3 is 0 Å². The highest BCUT2D eigenvalue weighted by Gasteiger charge is 2.68. The summed E-state index contributed by atoms with van der Waals surface area (Å²) < 4.78 is 0. The molecule has 1 aliphatic carbocycles. The molecule has 0 radical (unpaired) electrons. The highest BCUT2D eigenvalue weighted by molar-refractivity contribution is 7.09. The molecule has 1 saturated carbocycles. The third kappa shape index (κ3) is 4.96. The molecule has 1 N–H and O–H groups in total. The van der Waals surface area contributed by atoms with E-state index in [0.29, 0.717) is 24.1 Å². The van der Waals surface area contributed by atoms with Crippen LogP contribution in [0.5, 0.6) is 0 Å². The maximum absolute atomic E-state index is 13.1. The summed E-state index contributed by atoms with van der Waals surface area (Å²) in [6.45, 7) is 10.8. The SMILES string of the molecule is CC1(C)C(C(=O)N2CCC(c3nc(C(=O)NCC(c4ccccc4)c4ccccc4)cs3)CC2)C1(C)C. The van der Waals surface area contributed by atoms with Gasteiger partial charge in [-0.05, 0) is 34.8 Å². The van der Waals surface area contributed by atoms with Gasteiger partial charge in [0.2, 0.25) is 5.91 Å². The predicted molar refractivity (Wildman–Crippen MR) is 149 cm³/mol. The summed E-state index contributed by atoms with van der Waals surface area (Å²) in [5.74, 6) is 0.663. The van der Waals surface area contributed by atoms with Crippen molar-refractivity contribution < 1.29 is 9.59 Å². The minimum Gasteiger partial charge on any atom is -0.350 e. The van der Waals surface area contributed by atoms with Crippen molar-refractivity contribution in [3.8, 4) is 0 Å². The molecular weight excluding hydrogens is 478 g/mol. The molecule has 5 rings (SSSR count). The first kappa shape index (κ1) is 25.7. The molecule has 194 valence electrons. The average Bonchev–Trinajstić information content (AvgIpc) is 3.23. The van der Waals surface area contributed by atoms with E-state index in [9.17, 15) is 9.59 Å². The van der Waals surface area contributed by atoms with Gasteiger partial charge in [0.05, 0.1) is 5.01 Å². The number of benzene rings is 2. The number of thiazole rings is 1. The molecule has 0 unspecified atom stereocenters. The summed E-state index contributed by atoms with van der Waals surface area (Å²) in [6.07, 6.45) is 1.80. The molecule has 0 bridgehead atoms. The van der Waals surface area contributed by atoms with E-state index in [-0.39, 0.29) is 28.6 Å². The molecule has 6 heteroatoms. The van der Waals surface area contributed by atoms with Crippen LogP contribution in [0.3, 0.4) is 0 Å². The maximum atomic E-state index is 13.1. The third-order valence-corrected chi connectivity index (χ3v) is 10.1. The van der Waals surface area contributed by atoms with E-state index in [2.05, 4.69) is 57.3 Å². The highest BCUT2D eigenvalue weighted by Crippen LogP contribution is 2.68. The molecule has 2 amide bonds. The van der Waals surface area contributed by atoms with Gasteiger partial charge in [0.1, 0.15) is 5.69 Å². The number of amides is 2. The van der Waals surface area contributed by atoms with Crippen LogP contribution in [0.25, 0.3) is 0 Å². The number of piperidine rings is 1. The van der Waals surface area contributed by atoms with E-state index in [4.69, 9.17) is 4.98 Å². The number of carbonyl (C=O) groups excluding carboxylic acids is 2. The summed E-state index contributed by atoms with van der Waals surface area (Å²) in [5.41, 5.74) is 2.97. The average molecular weight is 516 g/mol. The maximum Gasteiger partial charge on any atom is 0.270 e.